The number of aromatic nitrogens is 4. The summed E-state index contributed by atoms with van der Waals surface area (Å²) in [6.45, 7) is -0.970. The Hall–Kier alpha value is -3.86. The number of carbonyl (C=O) groups is 1. The fourth-order valence-corrected chi connectivity index (χ4v) is 4.28. The van der Waals surface area contributed by atoms with Gasteiger partial charge in [-0.05, 0) is 63.3 Å². The van der Waals surface area contributed by atoms with Crippen LogP contribution in [-0.2, 0) is 0 Å². The second-order valence-electron chi connectivity index (χ2n) is 8.55. The lowest BCUT2D eigenvalue weighted by Gasteiger charge is -2.28. The van der Waals surface area contributed by atoms with Crippen molar-refractivity contribution < 1.29 is 22.7 Å². The van der Waals surface area contributed by atoms with Gasteiger partial charge < -0.3 is 15.0 Å². The molecule has 0 atom stereocenters. The molecule has 0 bridgehead atoms. The number of piperidine rings is 1. The summed E-state index contributed by atoms with van der Waals surface area (Å²) in [4.78, 5) is 15.1. The van der Waals surface area contributed by atoms with Gasteiger partial charge in [-0.1, -0.05) is 0 Å². The first kappa shape index (κ1) is 22.9. The Morgan fingerprint density at radius 2 is 1.94 bits per heavy atom. The third-order valence-electron chi connectivity index (χ3n) is 6.18. The lowest BCUT2D eigenvalue weighted by molar-refractivity contribution is -0.0498. The van der Waals surface area contributed by atoms with Gasteiger partial charge >= 0.3 is 6.61 Å². The number of likely N-dealkylation sites (tertiary alicyclic amines) is 1. The van der Waals surface area contributed by atoms with Crippen molar-refractivity contribution in [2.45, 2.75) is 25.5 Å². The van der Waals surface area contributed by atoms with Crippen molar-refractivity contribution in [3.05, 3.63) is 60.3 Å². The van der Waals surface area contributed by atoms with E-state index < -0.39 is 18.3 Å². The molecule has 0 unspecified atom stereocenters. The Labute approximate surface area is 198 Å². The molecule has 5 rings (SSSR count). The van der Waals surface area contributed by atoms with Gasteiger partial charge in [0.15, 0.2) is 5.69 Å². The number of aromatic amines is 1. The molecule has 1 fully saturated rings. The van der Waals surface area contributed by atoms with Crippen LogP contribution in [0.3, 0.4) is 0 Å². The Morgan fingerprint density at radius 3 is 2.66 bits per heavy atom. The minimum Gasteiger partial charge on any atom is -0.435 e. The molecule has 0 radical (unpaired) electrons. The fraction of sp³-hybridized carbons (Fsp3) is 0.292. The number of rotatable bonds is 6. The third-order valence-corrected chi connectivity index (χ3v) is 6.18. The number of nitrogens with one attached hydrogen (secondary N) is 2. The zero-order chi connectivity index (χ0) is 24.5. The molecule has 11 heteroatoms. The molecule has 182 valence electrons. The average molecular weight is 484 g/mol. The largest absolute Gasteiger partial charge is 0.435 e. The SMILES string of the molecule is CN1CCC(n2cc(-c3cc4c(C(=O)Nc5ccc(OC(F)F)cc5)n[nH]c4cc3F)cn2)CC1. The van der Waals surface area contributed by atoms with E-state index in [1.807, 2.05) is 10.9 Å². The molecule has 0 spiro atoms. The average Bonchev–Trinajstić information content (AvgIpc) is 3.47. The van der Waals surface area contributed by atoms with Crippen LogP contribution < -0.4 is 10.1 Å². The molecule has 35 heavy (non-hydrogen) atoms. The predicted molar refractivity (Wildman–Crippen MR) is 124 cm³/mol. The van der Waals surface area contributed by atoms with Crippen LogP contribution in [-0.4, -0.2) is 57.5 Å². The zero-order valence-corrected chi connectivity index (χ0v) is 18.8. The van der Waals surface area contributed by atoms with Crippen molar-refractivity contribution in [1.82, 2.24) is 24.9 Å². The van der Waals surface area contributed by atoms with Gasteiger partial charge in [-0.25, -0.2) is 4.39 Å². The topological polar surface area (TPSA) is 88.1 Å². The first-order valence-corrected chi connectivity index (χ1v) is 11.1. The van der Waals surface area contributed by atoms with Crippen molar-refractivity contribution in [3.63, 3.8) is 0 Å². The van der Waals surface area contributed by atoms with Gasteiger partial charge in [-0.3, -0.25) is 14.6 Å². The molecular formula is C24H23F3N6O2. The highest BCUT2D eigenvalue weighted by molar-refractivity contribution is 6.11. The molecule has 1 aliphatic rings. The molecule has 3 heterocycles. The van der Waals surface area contributed by atoms with Crippen molar-refractivity contribution >= 4 is 22.5 Å². The van der Waals surface area contributed by atoms with Crippen LogP contribution in [0.4, 0.5) is 18.9 Å². The number of benzene rings is 2. The number of carbonyl (C=O) groups excluding carboxylic acids is 1. The van der Waals surface area contributed by atoms with Crippen LogP contribution in [0.2, 0.25) is 0 Å². The maximum absolute atomic E-state index is 14.9. The highest BCUT2D eigenvalue weighted by Gasteiger charge is 2.21. The van der Waals surface area contributed by atoms with Crippen LogP contribution in [0.5, 0.6) is 5.75 Å². The number of ether oxygens (including phenoxy) is 1. The summed E-state index contributed by atoms with van der Waals surface area (Å²) in [6.07, 6.45) is 5.41. The fourth-order valence-electron chi connectivity index (χ4n) is 4.28. The highest BCUT2D eigenvalue weighted by Crippen LogP contribution is 2.30. The molecule has 1 amide bonds. The van der Waals surface area contributed by atoms with E-state index in [4.69, 9.17) is 0 Å². The van der Waals surface area contributed by atoms with Crippen molar-refractivity contribution in [2.24, 2.45) is 0 Å². The van der Waals surface area contributed by atoms with E-state index in [9.17, 15) is 18.0 Å². The number of halogens is 3. The van der Waals surface area contributed by atoms with Crippen molar-refractivity contribution in [2.75, 3.05) is 25.5 Å². The first-order valence-electron chi connectivity index (χ1n) is 11.1. The van der Waals surface area contributed by atoms with Gasteiger partial charge in [-0.15, -0.1) is 0 Å². The minimum atomic E-state index is -2.93. The number of hydrogen-bond donors (Lipinski definition) is 2. The maximum Gasteiger partial charge on any atom is 0.387 e. The number of nitrogens with zero attached hydrogens (tertiary/aromatic N) is 4. The van der Waals surface area contributed by atoms with Crippen LogP contribution in [0.1, 0.15) is 29.4 Å². The van der Waals surface area contributed by atoms with E-state index in [2.05, 4.69) is 37.3 Å². The second-order valence-corrected chi connectivity index (χ2v) is 8.55. The Bertz CT molecular complexity index is 1340. The molecule has 2 N–H and O–H groups in total. The summed E-state index contributed by atoms with van der Waals surface area (Å²) in [6, 6.07) is 8.66. The molecular weight excluding hydrogens is 461 g/mol. The minimum absolute atomic E-state index is 0.0240. The lowest BCUT2D eigenvalue weighted by atomic mass is 10.0. The van der Waals surface area contributed by atoms with Gasteiger partial charge in [-0.2, -0.15) is 19.0 Å². The number of amides is 1. The van der Waals surface area contributed by atoms with E-state index in [0.29, 0.717) is 27.7 Å². The van der Waals surface area contributed by atoms with E-state index in [-0.39, 0.29) is 17.5 Å². The molecule has 2 aromatic carbocycles. The summed E-state index contributed by atoms with van der Waals surface area (Å²) in [5, 5.41) is 14.3. The number of anilines is 1. The zero-order valence-electron chi connectivity index (χ0n) is 18.8. The number of hydrogen-bond acceptors (Lipinski definition) is 5. The molecule has 1 saturated heterocycles. The Kier molecular flexibility index (Phi) is 6.16. The van der Waals surface area contributed by atoms with E-state index in [0.717, 1.165) is 25.9 Å². The Morgan fingerprint density at radius 1 is 1.20 bits per heavy atom. The monoisotopic (exact) mass is 484 g/mol. The van der Waals surface area contributed by atoms with E-state index >= 15 is 0 Å². The van der Waals surface area contributed by atoms with Crippen LogP contribution >= 0.6 is 0 Å². The second kappa shape index (κ2) is 9.41. The van der Waals surface area contributed by atoms with Gasteiger partial charge in [0.2, 0.25) is 0 Å². The first-order chi connectivity index (χ1) is 16.9. The van der Waals surface area contributed by atoms with E-state index in [1.165, 1.54) is 30.3 Å². The van der Waals surface area contributed by atoms with Crippen LogP contribution in [0.25, 0.3) is 22.0 Å². The number of alkyl halides is 2. The summed E-state index contributed by atoms with van der Waals surface area (Å²) in [5.41, 5.74) is 1.76. The molecule has 8 nitrogen and oxygen atoms in total. The normalized spacial score (nSPS) is 15.1. The number of fused-ring (bicyclic) bond motifs is 1. The van der Waals surface area contributed by atoms with E-state index in [1.54, 1.807) is 12.3 Å². The smallest absolute Gasteiger partial charge is 0.387 e. The quantitative estimate of drug-likeness (QED) is 0.415. The highest BCUT2D eigenvalue weighted by atomic mass is 19.3. The third kappa shape index (κ3) is 4.85. The molecule has 4 aromatic rings. The number of H-pyrrole nitrogens is 1. The predicted octanol–water partition coefficient (Wildman–Crippen LogP) is 4.69. The van der Waals surface area contributed by atoms with Crippen molar-refractivity contribution in [1.29, 1.82) is 0 Å². The standard InChI is InChI=1S/C24H23F3N6O2/c1-32-8-6-16(7-9-32)33-13-14(12-28-33)18-10-19-21(11-20(18)25)30-31-22(19)23(34)29-15-2-4-17(5-3-15)35-24(26)27/h2-5,10-13,16,24H,6-9H2,1H3,(H,29,34)(H,30,31). The summed E-state index contributed by atoms with van der Waals surface area (Å²) in [7, 11) is 2.09. The molecule has 2 aromatic heterocycles. The van der Waals surface area contributed by atoms with Crippen molar-refractivity contribution in [3.8, 4) is 16.9 Å². The maximum atomic E-state index is 14.9. The Balaban J connectivity index is 1.38. The van der Waals surface area contributed by atoms with Gasteiger partial charge in [0.1, 0.15) is 11.6 Å². The van der Waals surface area contributed by atoms with Gasteiger partial charge in [0.05, 0.1) is 17.8 Å². The summed E-state index contributed by atoms with van der Waals surface area (Å²) >= 11 is 0. The molecule has 0 saturated carbocycles. The van der Waals surface area contributed by atoms with Crippen LogP contribution in [0, 0.1) is 5.82 Å². The molecule has 0 aliphatic carbocycles. The van der Waals surface area contributed by atoms with Gasteiger partial charge in [0, 0.05) is 34.5 Å². The lowest BCUT2D eigenvalue weighted by Crippen LogP contribution is -2.31. The van der Waals surface area contributed by atoms with Gasteiger partial charge in [0.25, 0.3) is 5.91 Å². The molecule has 1 aliphatic heterocycles. The summed E-state index contributed by atoms with van der Waals surface area (Å²) < 4.78 is 45.8. The summed E-state index contributed by atoms with van der Waals surface area (Å²) in [5.74, 6) is -1.01. The van der Waals surface area contributed by atoms with Crippen LogP contribution in [0.15, 0.2) is 48.8 Å².